The average Bonchev–Trinajstić information content (AvgIpc) is 3.03. The van der Waals surface area contributed by atoms with E-state index in [0.717, 1.165) is 11.3 Å². The first-order valence-corrected chi connectivity index (χ1v) is 7.41. The first kappa shape index (κ1) is 15.1. The molecule has 1 aromatic carbocycles. The SMILES string of the molecule is CNC(=O)c1cnn2c1CN(C(=O)OCc1ccccc1)CC2. The van der Waals surface area contributed by atoms with Gasteiger partial charge >= 0.3 is 6.09 Å². The van der Waals surface area contributed by atoms with Crippen LogP contribution in [-0.4, -0.2) is 40.3 Å². The Morgan fingerprint density at radius 2 is 2.04 bits per heavy atom. The van der Waals surface area contributed by atoms with Crippen molar-refractivity contribution in [1.29, 1.82) is 0 Å². The fourth-order valence-electron chi connectivity index (χ4n) is 2.54. The minimum absolute atomic E-state index is 0.203. The summed E-state index contributed by atoms with van der Waals surface area (Å²) in [6.07, 6.45) is 1.15. The highest BCUT2D eigenvalue weighted by atomic mass is 16.6. The van der Waals surface area contributed by atoms with E-state index in [1.54, 1.807) is 16.6 Å². The Kier molecular flexibility index (Phi) is 4.27. The maximum absolute atomic E-state index is 12.2. The largest absolute Gasteiger partial charge is 0.445 e. The van der Waals surface area contributed by atoms with E-state index >= 15 is 0 Å². The van der Waals surface area contributed by atoms with Crippen LogP contribution >= 0.6 is 0 Å². The molecular weight excluding hydrogens is 296 g/mol. The molecule has 2 aromatic rings. The predicted octanol–water partition coefficient (Wildman–Crippen LogP) is 1.40. The van der Waals surface area contributed by atoms with Crippen molar-refractivity contribution in [2.24, 2.45) is 0 Å². The molecule has 7 nitrogen and oxygen atoms in total. The minimum Gasteiger partial charge on any atom is -0.445 e. The second kappa shape index (κ2) is 6.51. The molecule has 23 heavy (non-hydrogen) atoms. The van der Waals surface area contributed by atoms with Crippen LogP contribution in [0.25, 0.3) is 0 Å². The predicted molar refractivity (Wildman–Crippen MR) is 82.7 cm³/mol. The van der Waals surface area contributed by atoms with E-state index in [0.29, 0.717) is 25.2 Å². The Bertz CT molecular complexity index is 711. The maximum Gasteiger partial charge on any atom is 0.410 e. The summed E-state index contributed by atoms with van der Waals surface area (Å²) in [5.74, 6) is -0.203. The van der Waals surface area contributed by atoms with Crippen LogP contribution in [0.4, 0.5) is 4.79 Å². The summed E-state index contributed by atoms with van der Waals surface area (Å²) < 4.78 is 7.10. The Morgan fingerprint density at radius 3 is 2.78 bits per heavy atom. The Hall–Kier alpha value is -2.83. The molecule has 2 amide bonds. The van der Waals surface area contributed by atoms with Crippen LogP contribution in [0, 0.1) is 0 Å². The molecule has 1 aliphatic heterocycles. The second-order valence-electron chi connectivity index (χ2n) is 5.27. The van der Waals surface area contributed by atoms with Crippen LogP contribution in [0.1, 0.15) is 21.6 Å². The molecule has 1 aromatic heterocycles. The molecule has 2 heterocycles. The molecule has 0 fully saturated rings. The van der Waals surface area contributed by atoms with E-state index in [9.17, 15) is 9.59 Å². The van der Waals surface area contributed by atoms with Crippen LogP contribution in [-0.2, 0) is 24.4 Å². The van der Waals surface area contributed by atoms with E-state index in [-0.39, 0.29) is 18.6 Å². The van der Waals surface area contributed by atoms with Gasteiger partial charge in [0.2, 0.25) is 0 Å². The van der Waals surface area contributed by atoms with Crippen molar-refractivity contribution in [2.75, 3.05) is 13.6 Å². The van der Waals surface area contributed by atoms with Gasteiger partial charge in [-0.25, -0.2) is 4.79 Å². The molecule has 0 saturated heterocycles. The topological polar surface area (TPSA) is 76.5 Å². The third-order valence-corrected chi connectivity index (χ3v) is 3.81. The van der Waals surface area contributed by atoms with Crippen molar-refractivity contribution in [3.05, 3.63) is 53.3 Å². The molecule has 7 heteroatoms. The zero-order valence-corrected chi connectivity index (χ0v) is 12.9. The van der Waals surface area contributed by atoms with Gasteiger partial charge in [-0.1, -0.05) is 30.3 Å². The average molecular weight is 314 g/mol. The molecule has 0 bridgehead atoms. The number of benzene rings is 1. The highest BCUT2D eigenvalue weighted by Crippen LogP contribution is 2.17. The zero-order valence-electron chi connectivity index (χ0n) is 12.9. The summed E-state index contributed by atoms with van der Waals surface area (Å²) in [6, 6.07) is 9.53. The van der Waals surface area contributed by atoms with Gasteiger partial charge in [-0.2, -0.15) is 5.10 Å². The van der Waals surface area contributed by atoms with Crippen LogP contribution in [0.2, 0.25) is 0 Å². The van der Waals surface area contributed by atoms with Gasteiger partial charge in [0.1, 0.15) is 6.61 Å². The lowest BCUT2D eigenvalue weighted by molar-refractivity contribution is 0.0845. The number of hydrogen-bond acceptors (Lipinski definition) is 4. The molecule has 0 spiro atoms. The second-order valence-corrected chi connectivity index (χ2v) is 5.27. The first-order chi connectivity index (χ1) is 11.2. The van der Waals surface area contributed by atoms with E-state index in [4.69, 9.17) is 4.74 Å². The molecule has 0 saturated carbocycles. The lowest BCUT2D eigenvalue weighted by atomic mass is 10.2. The minimum atomic E-state index is -0.385. The van der Waals surface area contributed by atoms with Gasteiger partial charge in [0.15, 0.2) is 0 Å². The molecule has 3 rings (SSSR count). The van der Waals surface area contributed by atoms with Crippen molar-refractivity contribution in [3.63, 3.8) is 0 Å². The molecule has 0 radical (unpaired) electrons. The van der Waals surface area contributed by atoms with Gasteiger partial charge in [0.25, 0.3) is 5.91 Å². The van der Waals surface area contributed by atoms with Gasteiger partial charge in [0, 0.05) is 13.6 Å². The Balaban J connectivity index is 1.65. The fraction of sp³-hybridized carbons (Fsp3) is 0.312. The van der Waals surface area contributed by atoms with E-state index in [2.05, 4.69) is 10.4 Å². The molecule has 1 aliphatic rings. The van der Waals surface area contributed by atoms with Gasteiger partial charge in [-0.3, -0.25) is 9.48 Å². The van der Waals surface area contributed by atoms with Gasteiger partial charge in [-0.05, 0) is 5.56 Å². The number of carbonyl (C=O) groups is 2. The van der Waals surface area contributed by atoms with E-state index < -0.39 is 0 Å². The Morgan fingerprint density at radius 1 is 1.26 bits per heavy atom. The molecule has 1 N–H and O–H groups in total. The Labute approximate surface area is 133 Å². The number of carbonyl (C=O) groups excluding carboxylic acids is 2. The standard InChI is InChI=1S/C16H18N4O3/c1-17-15(21)13-9-18-20-8-7-19(10-14(13)20)16(22)23-11-12-5-3-2-4-6-12/h2-6,9H,7-8,10-11H2,1H3,(H,17,21). The molecule has 0 unspecified atom stereocenters. The maximum atomic E-state index is 12.2. The summed E-state index contributed by atoms with van der Waals surface area (Å²) in [7, 11) is 1.57. The smallest absolute Gasteiger partial charge is 0.410 e. The lowest BCUT2D eigenvalue weighted by Gasteiger charge is -2.27. The van der Waals surface area contributed by atoms with Gasteiger partial charge in [-0.15, -0.1) is 0 Å². The lowest BCUT2D eigenvalue weighted by Crippen LogP contribution is -2.39. The quantitative estimate of drug-likeness (QED) is 0.929. The van der Waals surface area contributed by atoms with Crippen molar-refractivity contribution >= 4 is 12.0 Å². The highest BCUT2D eigenvalue weighted by molar-refractivity contribution is 5.95. The number of aromatic nitrogens is 2. The van der Waals surface area contributed by atoms with Crippen LogP contribution in [0.5, 0.6) is 0 Å². The number of ether oxygens (including phenoxy) is 1. The van der Waals surface area contributed by atoms with Crippen LogP contribution < -0.4 is 5.32 Å². The third-order valence-electron chi connectivity index (χ3n) is 3.81. The number of nitrogens with zero attached hydrogens (tertiary/aromatic N) is 3. The number of amides is 2. The van der Waals surface area contributed by atoms with E-state index in [1.165, 1.54) is 6.20 Å². The number of fused-ring (bicyclic) bond motifs is 1. The molecule has 0 atom stereocenters. The number of rotatable bonds is 3. The molecule has 120 valence electrons. The summed E-state index contributed by atoms with van der Waals surface area (Å²) >= 11 is 0. The van der Waals surface area contributed by atoms with E-state index in [1.807, 2.05) is 30.3 Å². The summed E-state index contributed by atoms with van der Waals surface area (Å²) in [5, 5.41) is 6.77. The van der Waals surface area contributed by atoms with Crippen molar-refractivity contribution in [1.82, 2.24) is 20.0 Å². The fourth-order valence-corrected chi connectivity index (χ4v) is 2.54. The van der Waals surface area contributed by atoms with Crippen LogP contribution in [0.15, 0.2) is 36.5 Å². The van der Waals surface area contributed by atoms with Crippen LogP contribution in [0.3, 0.4) is 0 Å². The summed E-state index contributed by atoms with van der Waals surface area (Å²) in [4.78, 5) is 25.7. The summed E-state index contributed by atoms with van der Waals surface area (Å²) in [5.41, 5.74) is 2.16. The van der Waals surface area contributed by atoms with Crippen molar-refractivity contribution < 1.29 is 14.3 Å². The highest BCUT2D eigenvalue weighted by Gasteiger charge is 2.26. The number of nitrogens with one attached hydrogen (secondary N) is 1. The molecule has 0 aliphatic carbocycles. The monoisotopic (exact) mass is 314 g/mol. The van der Waals surface area contributed by atoms with Gasteiger partial charge < -0.3 is 15.0 Å². The van der Waals surface area contributed by atoms with Crippen molar-refractivity contribution in [3.8, 4) is 0 Å². The normalized spacial score (nSPS) is 13.3. The van der Waals surface area contributed by atoms with Crippen molar-refractivity contribution in [2.45, 2.75) is 19.7 Å². The third kappa shape index (κ3) is 3.18. The van der Waals surface area contributed by atoms with Gasteiger partial charge in [0.05, 0.1) is 30.5 Å². The number of hydrogen-bond donors (Lipinski definition) is 1. The first-order valence-electron chi connectivity index (χ1n) is 7.41. The molecular formula is C16H18N4O3. The zero-order chi connectivity index (χ0) is 16.2. The summed E-state index contributed by atoms with van der Waals surface area (Å²) in [6.45, 7) is 1.61.